The normalized spacial score (nSPS) is 21.5. The summed E-state index contributed by atoms with van der Waals surface area (Å²) in [6.07, 6.45) is 6.54. The van der Waals surface area contributed by atoms with E-state index in [1.165, 1.54) is 24.1 Å². The molecule has 3 aliphatic rings. The molecule has 0 radical (unpaired) electrons. The number of anilines is 1. The summed E-state index contributed by atoms with van der Waals surface area (Å²) >= 11 is 3.52. The highest BCUT2D eigenvalue weighted by Gasteiger charge is 2.32. The van der Waals surface area contributed by atoms with Gasteiger partial charge in [-0.3, -0.25) is 4.79 Å². The van der Waals surface area contributed by atoms with E-state index < -0.39 is 0 Å². The molecule has 1 saturated carbocycles. The molecule has 2 aliphatic carbocycles. The minimum absolute atomic E-state index is 0.142. The molecule has 1 aliphatic heterocycles. The molecule has 2 aromatic rings. The number of aryl methyl sites for hydroxylation is 1. The number of hydrogen-bond acceptors (Lipinski definition) is 5. The zero-order valence-electron chi connectivity index (χ0n) is 18.8. The third-order valence-electron chi connectivity index (χ3n) is 7.19. The largest absolute Gasteiger partial charge is 0.353 e. The predicted molar refractivity (Wildman–Crippen MR) is 130 cm³/mol. The van der Waals surface area contributed by atoms with Crippen molar-refractivity contribution in [1.29, 1.82) is 0 Å². The summed E-state index contributed by atoms with van der Waals surface area (Å²) in [6, 6.07) is 8.22. The molecule has 0 spiro atoms. The van der Waals surface area contributed by atoms with Crippen molar-refractivity contribution in [3.8, 4) is 0 Å². The Morgan fingerprint density at radius 3 is 2.59 bits per heavy atom. The second kappa shape index (κ2) is 9.48. The third kappa shape index (κ3) is 4.69. The van der Waals surface area contributed by atoms with Crippen LogP contribution < -0.4 is 10.2 Å². The zero-order chi connectivity index (χ0) is 22.1. The molecular formula is C25H32BrN5O. The zero-order valence-corrected chi connectivity index (χ0v) is 20.4. The number of nitrogens with zero attached hydrogens (tertiary/aromatic N) is 4. The molecule has 170 valence electrons. The van der Waals surface area contributed by atoms with Gasteiger partial charge in [0.2, 0.25) is 5.91 Å². The maximum absolute atomic E-state index is 13.6. The first kappa shape index (κ1) is 21.8. The van der Waals surface area contributed by atoms with E-state index in [-0.39, 0.29) is 11.8 Å². The highest BCUT2D eigenvalue weighted by atomic mass is 79.9. The van der Waals surface area contributed by atoms with Crippen molar-refractivity contribution >= 4 is 27.7 Å². The Hall–Kier alpha value is -1.99. The highest BCUT2D eigenvalue weighted by molar-refractivity contribution is 9.10. The number of fused-ring (bicyclic) bond motifs is 1. The number of piperazine rings is 1. The van der Waals surface area contributed by atoms with Gasteiger partial charge >= 0.3 is 0 Å². The highest BCUT2D eigenvalue weighted by Crippen LogP contribution is 2.37. The fraction of sp³-hybridized carbons (Fsp3) is 0.560. The van der Waals surface area contributed by atoms with E-state index in [2.05, 4.69) is 55.2 Å². The van der Waals surface area contributed by atoms with E-state index in [1.807, 2.05) is 17.0 Å². The molecule has 2 heterocycles. The van der Waals surface area contributed by atoms with Crippen molar-refractivity contribution in [2.24, 2.45) is 5.92 Å². The summed E-state index contributed by atoms with van der Waals surface area (Å²) in [5, 5.41) is 3.56. The second-order valence-electron chi connectivity index (χ2n) is 9.52. The summed E-state index contributed by atoms with van der Waals surface area (Å²) in [4.78, 5) is 27.1. The monoisotopic (exact) mass is 497 g/mol. The Labute approximate surface area is 198 Å². The molecule has 5 rings (SSSR count). The molecule has 6 nitrogen and oxygen atoms in total. The molecule has 2 atom stereocenters. The maximum atomic E-state index is 13.6. The van der Waals surface area contributed by atoms with Gasteiger partial charge in [0.1, 0.15) is 12.1 Å². The molecule has 0 unspecified atom stereocenters. The predicted octanol–water partition coefficient (Wildman–Crippen LogP) is 3.72. The van der Waals surface area contributed by atoms with E-state index in [0.717, 1.165) is 67.3 Å². The van der Waals surface area contributed by atoms with Crippen molar-refractivity contribution < 1.29 is 4.79 Å². The number of halogens is 1. The van der Waals surface area contributed by atoms with Gasteiger partial charge in [-0.2, -0.15) is 0 Å². The summed E-state index contributed by atoms with van der Waals surface area (Å²) < 4.78 is 1.04. The van der Waals surface area contributed by atoms with Gasteiger partial charge < -0.3 is 15.1 Å². The minimum atomic E-state index is -0.142. The van der Waals surface area contributed by atoms with Crippen LogP contribution in [0, 0.1) is 5.92 Å². The molecule has 0 bridgehead atoms. The molecule has 1 aromatic carbocycles. The van der Waals surface area contributed by atoms with Gasteiger partial charge in [-0.1, -0.05) is 35.0 Å². The van der Waals surface area contributed by atoms with Crippen LogP contribution in [0.25, 0.3) is 0 Å². The van der Waals surface area contributed by atoms with Crippen LogP contribution in [0.2, 0.25) is 0 Å². The third-order valence-corrected chi connectivity index (χ3v) is 7.72. The van der Waals surface area contributed by atoms with Crippen LogP contribution in [-0.2, 0) is 11.2 Å². The summed E-state index contributed by atoms with van der Waals surface area (Å²) in [6.45, 7) is 7.12. The lowest BCUT2D eigenvalue weighted by Crippen LogP contribution is -2.51. The standard InChI is InChI=1S/C25H32BrN5O/c1-17-2-9-22-23(17)24(29-16-28-22)30-10-12-31(13-11-30)25(32)21(15-27-14-18-3-4-18)19-5-7-20(26)8-6-19/h5-8,16-18,21,27H,2-4,9-15H2,1H3/t17-,21-/m1/s1. The fourth-order valence-corrected chi connectivity index (χ4v) is 5.29. The van der Waals surface area contributed by atoms with E-state index in [1.54, 1.807) is 6.33 Å². The number of hydrogen-bond donors (Lipinski definition) is 1. The van der Waals surface area contributed by atoms with Crippen molar-refractivity contribution in [1.82, 2.24) is 20.2 Å². The Bertz CT molecular complexity index is 953. The van der Waals surface area contributed by atoms with Crippen LogP contribution in [-0.4, -0.2) is 60.0 Å². The Kier molecular flexibility index (Phi) is 6.47. The molecule has 1 amide bonds. The van der Waals surface area contributed by atoms with E-state index >= 15 is 0 Å². The fourth-order valence-electron chi connectivity index (χ4n) is 5.03. The van der Waals surface area contributed by atoms with Gasteiger partial charge in [0.25, 0.3) is 0 Å². The van der Waals surface area contributed by atoms with Crippen molar-refractivity contribution in [3.63, 3.8) is 0 Å². The van der Waals surface area contributed by atoms with Crippen LogP contribution in [0.3, 0.4) is 0 Å². The molecule has 1 aromatic heterocycles. The molecular weight excluding hydrogens is 466 g/mol. The van der Waals surface area contributed by atoms with Crippen LogP contribution in [0.15, 0.2) is 35.1 Å². The van der Waals surface area contributed by atoms with E-state index in [9.17, 15) is 4.79 Å². The second-order valence-corrected chi connectivity index (χ2v) is 10.4. The first-order chi connectivity index (χ1) is 15.6. The number of carbonyl (C=O) groups excluding carboxylic acids is 1. The lowest BCUT2D eigenvalue weighted by molar-refractivity contribution is -0.133. The van der Waals surface area contributed by atoms with Crippen molar-refractivity contribution in [2.75, 3.05) is 44.2 Å². The average Bonchev–Trinajstić information content (AvgIpc) is 3.57. The van der Waals surface area contributed by atoms with Crippen molar-refractivity contribution in [3.05, 3.63) is 51.9 Å². The lowest BCUT2D eigenvalue weighted by Gasteiger charge is -2.38. The van der Waals surface area contributed by atoms with Crippen LogP contribution in [0.1, 0.15) is 54.8 Å². The Morgan fingerprint density at radius 2 is 1.88 bits per heavy atom. The number of aromatic nitrogens is 2. The smallest absolute Gasteiger partial charge is 0.231 e. The van der Waals surface area contributed by atoms with Gasteiger partial charge in [-0.25, -0.2) is 9.97 Å². The molecule has 32 heavy (non-hydrogen) atoms. The van der Waals surface area contributed by atoms with Crippen LogP contribution >= 0.6 is 15.9 Å². The van der Waals surface area contributed by atoms with Crippen molar-refractivity contribution in [2.45, 2.75) is 44.4 Å². The number of rotatable bonds is 7. The number of amides is 1. The Morgan fingerprint density at radius 1 is 1.12 bits per heavy atom. The van der Waals surface area contributed by atoms with Gasteiger partial charge in [-0.15, -0.1) is 0 Å². The van der Waals surface area contributed by atoms with Gasteiger partial charge in [0.15, 0.2) is 0 Å². The molecule has 7 heteroatoms. The summed E-state index contributed by atoms with van der Waals surface area (Å²) in [5.41, 5.74) is 3.62. The van der Waals surface area contributed by atoms with Crippen LogP contribution in [0.5, 0.6) is 0 Å². The average molecular weight is 498 g/mol. The minimum Gasteiger partial charge on any atom is -0.353 e. The van der Waals surface area contributed by atoms with Crippen LogP contribution in [0.4, 0.5) is 5.82 Å². The van der Waals surface area contributed by atoms with Gasteiger partial charge in [0, 0.05) is 48.5 Å². The number of carbonyl (C=O) groups is 1. The van der Waals surface area contributed by atoms with E-state index in [4.69, 9.17) is 0 Å². The number of nitrogens with one attached hydrogen (secondary N) is 1. The lowest BCUT2D eigenvalue weighted by atomic mass is 9.97. The van der Waals surface area contributed by atoms with Gasteiger partial charge in [-0.05, 0) is 61.8 Å². The topological polar surface area (TPSA) is 61.4 Å². The Balaban J connectivity index is 1.26. The maximum Gasteiger partial charge on any atom is 0.231 e. The molecule has 1 N–H and O–H groups in total. The van der Waals surface area contributed by atoms with E-state index in [0.29, 0.717) is 12.5 Å². The summed E-state index contributed by atoms with van der Waals surface area (Å²) in [7, 11) is 0. The summed E-state index contributed by atoms with van der Waals surface area (Å²) in [5.74, 6) is 2.49. The van der Waals surface area contributed by atoms with Gasteiger partial charge in [0.05, 0.1) is 5.92 Å². The molecule has 2 fully saturated rings. The number of benzene rings is 1. The molecule has 1 saturated heterocycles. The first-order valence-electron chi connectivity index (χ1n) is 11.9. The SMILES string of the molecule is C[C@@H]1CCc2ncnc(N3CCN(C(=O)[C@H](CNCC4CC4)c4ccc(Br)cc4)CC3)c21. The quantitative estimate of drug-likeness (QED) is 0.631. The first-order valence-corrected chi connectivity index (χ1v) is 12.7.